The predicted molar refractivity (Wildman–Crippen MR) is 87.7 cm³/mol. The lowest BCUT2D eigenvalue weighted by atomic mass is 10.1. The Hall–Kier alpha value is -0.320. The van der Waals surface area contributed by atoms with E-state index in [1.807, 2.05) is 60.5 Å². The molecule has 1 aromatic carbocycles. The number of carbonyl (C=O) groups excluding carboxylic acids is 1. The van der Waals surface area contributed by atoms with Gasteiger partial charge in [0.1, 0.15) is 5.88 Å². The van der Waals surface area contributed by atoms with Crippen LogP contribution in [-0.2, 0) is 4.79 Å². The van der Waals surface area contributed by atoms with Crippen molar-refractivity contribution >= 4 is 46.7 Å². The van der Waals surface area contributed by atoms with Gasteiger partial charge in [0.05, 0.1) is 4.58 Å². The zero-order chi connectivity index (χ0) is 13.8. The van der Waals surface area contributed by atoms with Gasteiger partial charge in [-0.25, -0.2) is 0 Å². The maximum Gasteiger partial charge on any atom is 0.241 e. The molecule has 2 rings (SSSR count). The van der Waals surface area contributed by atoms with Gasteiger partial charge in [0.25, 0.3) is 0 Å². The fraction of sp³-hybridized carbons (Fsp3) is 0.500. The maximum atomic E-state index is 12.2. The molecule has 19 heavy (non-hydrogen) atoms. The topological polar surface area (TPSA) is 20.3 Å². The summed E-state index contributed by atoms with van der Waals surface area (Å²) in [5.41, 5.74) is 3.29. The van der Waals surface area contributed by atoms with Crippen molar-refractivity contribution in [3.63, 3.8) is 0 Å². The van der Waals surface area contributed by atoms with E-state index in [1.54, 1.807) is 0 Å². The van der Waals surface area contributed by atoms with Crippen LogP contribution in [0.15, 0.2) is 18.2 Å². The molecule has 1 aliphatic rings. The molecule has 0 atom stereocenters. The SMILES string of the molecule is Cc1cccc(C)c1N(CC1SCCS1)C(=O)CCl. The third kappa shape index (κ3) is 3.61. The number of amides is 1. The number of para-hydroxylation sites is 1. The highest BCUT2D eigenvalue weighted by Gasteiger charge is 2.25. The Kier molecular flexibility index (Phi) is 5.48. The van der Waals surface area contributed by atoms with E-state index in [-0.39, 0.29) is 11.8 Å². The van der Waals surface area contributed by atoms with Gasteiger partial charge in [0.15, 0.2) is 0 Å². The summed E-state index contributed by atoms with van der Waals surface area (Å²) in [5, 5.41) is 0. The largest absolute Gasteiger partial charge is 0.309 e. The van der Waals surface area contributed by atoms with Crippen molar-refractivity contribution in [1.29, 1.82) is 0 Å². The number of halogens is 1. The van der Waals surface area contributed by atoms with Gasteiger partial charge in [-0.2, -0.15) is 0 Å². The van der Waals surface area contributed by atoms with E-state index in [4.69, 9.17) is 11.6 Å². The number of anilines is 1. The number of alkyl halides is 1. The van der Waals surface area contributed by atoms with E-state index in [2.05, 4.69) is 0 Å². The van der Waals surface area contributed by atoms with E-state index >= 15 is 0 Å². The molecule has 1 aliphatic heterocycles. The Bertz CT molecular complexity index is 441. The fourth-order valence-electron chi connectivity index (χ4n) is 2.28. The smallest absolute Gasteiger partial charge is 0.241 e. The Morgan fingerprint density at radius 3 is 2.42 bits per heavy atom. The molecular formula is C14H18ClNOS2. The normalized spacial score (nSPS) is 15.7. The number of benzene rings is 1. The molecule has 0 aromatic heterocycles. The lowest BCUT2D eigenvalue weighted by Gasteiger charge is -2.27. The molecule has 0 bridgehead atoms. The molecule has 0 spiro atoms. The van der Waals surface area contributed by atoms with Crippen molar-refractivity contribution in [2.24, 2.45) is 0 Å². The van der Waals surface area contributed by atoms with Crippen molar-refractivity contribution in [2.45, 2.75) is 18.4 Å². The predicted octanol–water partition coefficient (Wildman–Crippen LogP) is 3.68. The van der Waals surface area contributed by atoms with Gasteiger partial charge < -0.3 is 4.90 Å². The second-order valence-corrected chi connectivity index (χ2v) is 7.74. The van der Waals surface area contributed by atoms with Gasteiger partial charge in [-0.15, -0.1) is 35.1 Å². The zero-order valence-electron chi connectivity index (χ0n) is 11.2. The third-order valence-electron chi connectivity index (χ3n) is 3.15. The van der Waals surface area contributed by atoms with Gasteiger partial charge >= 0.3 is 0 Å². The Morgan fingerprint density at radius 1 is 1.32 bits per heavy atom. The first-order valence-electron chi connectivity index (χ1n) is 6.29. The summed E-state index contributed by atoms with van der Waals surface area (Å²) >= 11 is 9.64. The lowest BCUT2D eigenvalue weighted by Crippen LogP contribution is -2.37. The van der Waals surface area contributed by atoms with Crippen LogP contribution in [-0.4, -0.2) is 34.4 Å². The number of aryl methyl sites for hydroxylation is 2. The molecule has 0 saturated carbocycles. The van der Waals surface area contributed by atoms with Gasteiger partial charge in [0.2, 0.25) is 5.91 Å². The molecule has 1 heterocycles. The zero-order valence-corrected chi connectivity index (χ0v) is 13.6. The summed E-state index contributed by atoms with van der Waals surface area (Å²) in [7, 11) is 0. The number of hydrogen-bond donors (Lipinski definition) is 0. The molecule has 5 heteroatoms. The Balaban J connectivity index is 2.28. The quantitative estimate of drug-likeness (QED) is 0.791. The first kappa shape index (κ1) is 15.1. The Morgan fingerprint density at radius 2 is 1.89 bits per heavy atom. The number of nitrogens with zero attached hydrogens (tertiary/aromatic N) is 1. The molecule has 1 amide bonds. The lowest BCUT2D eigenvalue weighted by molar-refractivity contribution is -0.116. The molecule has 0 aliphatic carbocycles. The van der Waals surface area contributed by atoms with Crippen LogP contribution >= 0.6 is 35.1 Å². The van der Waals surface area contributed by atoms with Gasteiger partial charge in [-0.1, -0.05) is 18.2 Å². The second kappa shape index (κ2) is 6.91. The molecule has 2 nitrogen and oxygen atoms in total. The number of rotatable bonds is 4. The molecule has 104 valence electrons. The minimum absolute atomic E-state index is 0.00725. The molecule has 0 N–H and O–H groups in total. The Labute approximate surface area is 128 Å². The summed E-state index contributed by atoms with van der Waals surface area (Å²) in [5.74, 6) is 2.37. The second-order valence-electron chi connectivity index (χ2n) is 4.55. The monoisotopic (exact) mass is 315 g/mol. The molecule has 0 radical (unpaired) electrons. The average molecular weight is 316 g/mol. The summed E-state index contributed by atoms with van der Waals surface area (Å²) in [4.78, 5) is 14.0. The standard InChI is InChI=1S/C14H18ClNOS2/c1-10-4-3-5-11(2)14(10)16(12(17)8-15)9-13-18-6-7-19-13/h3-5,13H,6-9H2,1-2H3. The average Bonchev–Trinajstić information content (AvgIpc) is 2.89. The van der Waals surface area contributed by atoms with E-state index in [0.29, 0.717) is 4.58 Å². The van der Waals surface area contributed by atoms with E-state index < -0.39 is 0 Å². The number of thioether (sulfide) groups is 2. The first-order chi connectivity index (χ1) is 9.13. The van der Waals surface area contributed by atoms with Crippen LogP contribution in [0.3, 0.4) is 0 Å². The van der Waals surface area contributed by atoms with Crippen molar-refractivity contribution in [3.8, 4) is 0 Å². The van der Waals surface area contributed by atoms with Gasteiger partial charge in [-0.05, 0) is 25.0 Å². The number of carbonyl (C=O) groups is 1. The van der Waals surface area contributed by atoms with Crippen molar-refractivity contribution in [3.05, 3.63) is 29.3 Å². The minimum Gasteiger partial charge on any atom is -0.309 e. The highest BCUT2D eigenvalue weighted by Crippen LogP contribution is 2.35. The van der Waals surface area contributed by atoms with Crippen LogP contribution in [0.5, 0.6) is 0 Å². The summed E-state index contributed by atoms with van der Waals surface area (Å²) < 4.78 is 0.464. The summed E-state index contributed by atoms with van der Waals surface area (Å²) in [6, 6.07) is 6.12. The maximum absolute atomic E-state index is 12.2. The summed E-state index contributed by atoms with van der Waals surface area (Å²) in [6.07, 6.45) is 0. The van der Waals surface area contributed by atoms with E-state index in [9.17, 15) is 4.79 Å². The van der Waals surface area contributed by atoms with Gasteiger partial charge in [-0.3, -0.25) is 4.79 Å². The minimum atomic E-state index is -0.00725. The van der Waals surface area contributed by atoms with Crippen molar-refractivity contribution in [1.82, 2.24) is 0 Å². The van der Waals surface area contributed by atoms with Crippen molar-refractivity contribution in [2.75, 3.05) is 28.8 Å². The molecule has 1 aromatic rings. The number of hydrogen-bond acceptors (Lipinski definition) is 3. The van der Waals surface area contributed by atoms with Crippen LogP contribution in [0.2, 0.25) is 0 Å². The fourth-order valence-corrected chi connectivity index (χ4v) is 5.19. The molecular weight excluding hydrogens is 298 g/mol. The van der Waals surface area contributed by atoms with Crippen LogP contribution in [0.4, 0.5) is 5.69 Å². The van der Waals surface area contributed by atoms with Crippen LogP contribution in [0.1, 0.15) is 11.1 Å². The van der Waals surface area contributed by atoms with Crippen LogP contribution in [0, 0.1) is 13.8 Å². The van der Waals surface area contributed by atoms with Crippen molar-refractivity contribution < 1.29 is 4.79 Å². The van der Waals surface area contributed by atoms with Gasteiger partial charge in [0, 0.05) is 23.7 Å². The van der Waals surface area contributed by atoms with E-state index in [1.165, 1.54) is 11.5 Å². The highest BCUT2D eigenvalue weighted by atomic mass is 35.5. The van der Waals surface area contributed by atoms with E-state index in [0.717, 1.165) is 23.4 Å². The third-order valence-corrected chi connectivity index (χ3v) is 6.37. The summed E-state index contributed by atoms with van der Waals surface area (Å²) in [6.45, 7) is 4.84. The van der Waals surface area contributed by atoms with Crippen LogP contribution in [0.25, 0.3) is 0 Å². The highest BCUT2D eigenvalue weighted by molar-refractivity contribution is 8.20. The van der Waals surface area contributed by atoms with Crippen LogP contribution < -0.4 is 4.90 Å². The molecule has 1 fully saturated rings. The molecule has 0 unspecified atom stereocenters. The first-order valence-corrected chi connectivity index (χ1v) is 8.92. The molecule has 1 saturated heterocycles.